The fourth-order valence-electron chi connectivity index (χ4n) is 2.74. The number of fused-ring (bicyclic) bond motifs is 1. The Hall–Kier alpha value is -1.94. The number of benzene rings is 1. The van der Waals surface area contributed by atoms with Crippen LogP contribution in [-0.4, -0.2) is 23.1 Å². The molecule has 0 fully saturated rings. The summed E-state index contributed by atoms with van der Waals surface area (Å²) >= 11 is 0. The molecule has 3 N–H and O–H groups in total. The molecule has 0 saturated carbocycles. The standard InChI is InChI=1S/C16H20N4/c1-11-19-15(10-16(20-11)18-8-7-17)14-6-5-12-3-2-4-13(12)9-14/h5-6,9-10H,2-4,7-8,17H2,1H3,(H,18,19,20). The number of anilines is 1. The van der Waals surface area contributed by atoms with E-state index in [0.717, 1.165) is 23.9 Å². The van der Waals surface area contributed by atoms with Crippen LogP contribution in [0, 0.1) is 6.92 Å². The molecule has 0 aliphatic heterocycles. The molecule has 4 heteroatoms. The zero-order valence-corrected chi connectivity index (χ0v) is 11.8. The smallest absolute Gasteiger partial charge is 0.130 e. The van der Waals surface area contributed by atoms with Crippen molar-refractivity contribution in [3.63, 3.8) is 0 Å². The number of aryl methyl sites for hydroxylation is 3. The molecule has 0 saturated heterocycles. The lowest BCUT2D eigenvalue weighted by Gasteiger charge is -2.09. The lowest BCUT2D eigenvalue weighted by atomic mass is 10.0. The van der Waals surface area contributed by atoms with E-state index in [9.17, 15) is 0 Å². The average molecular weight is 268 g/mol. The molecule has 3 rings (SSSR count). The topological polar surface area (TPSA) is 63.8 Å². The second-order valence-corrected chi connectivity index (χ2v) is 5.24. The third-order valence-electron chi connectivity index (χ3n) is 3.68. The first-order valence-electron chi connectivity index (χ1n) is 7.18. The van der Waals surface area contributed by atoms with Gasteiger partial charge in [0.2, 0.25) is 0 Å². The van der Waals surface area contributed by atoms with Crippen molar-refractivity contribution in [2.24, 2.45) is 5.73 Å². The summed E-state index contributed by atoms with van der Waals surface area (Å²) in [4.78, 5) is 8.95. The molecule has 1 heterocycles. The molecular weight excluding hydrogens is 248 g/mol. The second kappa shape index (κ2) is 5.59. The first-order valence-corrected chi connectivity index (χ1v) is 7.18. The van der Waals surface area contributed by atoms with Crippen LogP contribution < -0.4 is 11.1 Å². The normalized spacial score (nSPS) is 13.3. The van der Waals surface area contributed by atoms with E-state index in [2.05, 4.69) is 33.5 Å². The average Bonchev–Trinajstić information content (AvgIpc) is 2.92. The van der Waals surface area contributed by atoms with Gasteiger partial charge in [0.15, 0.2) is 0 Å². The Morgan fingerprint density at radius 3 is 2.85 bits per heavy atom. The molecule has 1 aromatic heterocycles. The van der Waals surface area contributed by atoms with Crippen LogP contribution in [0.4, 0.5) is 5.82 Å². The zero-order chi connectivity index (χ0) is 13.9. The van der Waals surface area contributed by atoms with Crippen molar-refractivity contribution in [1.29, 1.82) is 0 Å². The quantitative estimate of drug-likeness (QED) is 0.893. The highest BCUT2D eigenvalue weighted by molar-refractivity contribution is 5.64. The van der Waals surface area contributed by atoms with E-state index in [-0.39, 0.29) is 0 Å². The van der Waals surface area contributed by atoms with Crippen LogP contribution in [0.5, 0.6) is 0 Å². The minimum Gasteiger partial charge on any atom is -0.369 e. The third-order valence-corrected chi connectivity index (χ3v) is 3.68. The maximum atomic E-state index is 5.52. The van der Waals surface area contributed by atoms with Crippen molar-refractivity contribution >= 4 is 5.82 Å². The molecule has 0 spiro atoms. The number of rotatable bonds is 4. The van der Waals surface area contributed by atoms with Gasteiger partial charge >= 0.3 is 0 Å². The summed E-state index contributed by atoms with van der Waals surface area (Å²) in [6, 6.07) is 8.68. The Kier molecular flexibility index (Phi) is 3.65. The summed E-state index contributed by atoms with van der Waals surface area (Å²) < 4.78 is 0. The van der Waals surface area contributed by atoms with E-state index in [0.29, 0.717) is 6.54 Å². The van der Waals surface area contributed by atoms with Gasteiger partial charge in [-0.1, -0.05) is 12.1 Å². The van der Waals surface area contributed by atoms with Gasteiger partial charge in [0, 0.05) is 24.7 Å². The van der Waals surface area contributed by atoms with Gasteiger partial charge in [0.1, 0.15) is 11.6 Å². The summed E-state index contributed by atoms with van der Waals surface area (Å²) in [5.74, 6) is 1.63. The van der Waals surface area contributed by atoms with Crippen molar-refractivity contribution in [3.05, 3.63) is 41.2 Å². The lowest BCUT2D eigenvalue weighted by Crippen LogP contribution is -2.14. The summed E-state index contributed by atoms with van der Waals surface area (Å²) in [7, 11) is 0. The Balaban J connectivity index is 1.94. The molecule has 104 valence electrons. The van der Waals surface area contributed by atoms with Crippen LogP contribution in [0.25, 0.3) is 11.3 Å². The van der Waals surface area contributed by atoms with Crippen molar-refractivity contribution in [2.45, 2.75) is 26.2 Å². The van der Waals surface area contributed by atoms with E-state index in [1.807, 2.05) is 13.0 Å². The first-order chi connectivity index (χ1) is 9.76. The third kappa shape index (κ3) is 2.65. The first kappa shape index (κ1) is 13.1. The van der Waals surface area contributed by atoms with Crippen molar-refractivity contribution < 1.29 is 0 Å². The molecule has 0 amide bonds. The van der Waals surface area contributed by atoms with Crippen LogP contribution in [-0.2, 0) is 12.8 Å². The number of nitrogens with two attached hydrogens (primary N) is 1. The fraction of sp³-hybridized carbons (Fsp3) is 0.375. The Bertz CT molecular complexity index is 622. The number of hydrogen-bond donors (Lipinski definition) is 2. The maximum absolute atomic E-state index is 5.52. The SMILES string of the molecule is Cc1nc(NCCN)cc(-c2ccc3c(c2)CCC3)n1. The van der Waals surface area contributed by atoms with Crippen molar-refractivity contribution in [1.82, 2.24) is 9.97 Å². The highest BCUT2D eigenvalue weighted by atomic mass is 15.0. The largest absolute Gasteiger partial charge is 0.369 e. The van der Waals surface area contributed by atoms with Gasteiger partial charge in [0.05, 0.1) is 5.69 Å². The van der Waals surface area contributed by atoms with Crippen LogP contribution in [0.2, 0.25) is 0 Å². The molecule has 1 aromatic carbocycles. The van der Waals surface area contributed by atoms with Crippen molar-refractivity contribution in [3.8, 4) is 11.3 Å². The number of nitrogens with one attached hydrogen (secondary N) is 1. The van der Waals surface area contributed by atoms with E-state index >= 15 is 0 Å². The zero-order valence-electron chi connectivity index (χ0n) is 11.8. The molecule has 0 unspecified atom stereocenters. The Morgan fingerprint density at radius 2 is 2.00 bits per heavy atom. The van der Waals surface area contributed by atoms with Crippen molar-refractivity contribution in [2.75, 3.05) is 18.4 Å². The number of hydrogen-bond acceptors (Lipinski definition) is 4. The molecule has 20 heavy (non-hydrogen) atoms. The van der Waals surface area contributed by atoms with Gasteiger partial charge in [0.25, 0.3) is 0 Å². The van der Waals surface area contributed by atoms with Gasteiger partial charge in [-0.2, -0.15) is 0 Å². The summed E-state index contributed by atoms with van der Waals surface area (Å²) in [6.07, 6.45) is 3.66. The van der Waals surface area contributed by atoms with Gasteiger partial charge < -0.3 is 11.1 Å². The molecule has 0 radical (unpaired) electrons. The minimum atomic E-state index is 0.594. The predicted octanol–water partition coefficient (Wildman–Crippen LogP) is 2.31. The molecule has 1 aliphatic rings. The van der Waals surface area contributed by atoms with Crippen LogP contribution in [0.3, 0.4) is 0 Å². The van der Waals surface area contributed by atoms with Crippen LogP contribution >= 0.6 is 0 Å². The van der Waals surface area contributed by atoms with Crippen LogP contribution in [0.1, 0.15) is 23.4 Å². The Labute approximate surface area is 119 Å². The second-order valence-electron chi connectivity index (χ2n) is 5.24. The summed E-state index contributed by atoms with van der Waals surface area (Å²) in [5.41, 5.74) is 10.6. The van der Waals surface area contributed by atoms with Gasteiger partial charge in [-0.05, 0) is 43.4 Å². The minimum absolute atomic E-state index is 0.594. The van der Waals surface area contributed by atoms with E-state index < -0.39 is 0 Å². The molecule has 4 nitrogen and oxygen atoms in total. The molecular formula is C16H20N4. The summed E-state index contributed by atoms with van der Waals surface area (Å²) in [6.45, 7) is 3.24. The molecule has 0 bridgehead atoms. The van der Waals surface area contributed by atoms with E-state index in [1.165, 1.54) is 36.0 Å². The highest BCUT2D eigenvalue weighted by Crippen LogP contribution is 2.28. The van der Waals surface area contributed by atoms with Gasteiger partial charge in [-0.15, -0.1) is 0 Å². The van der Waals surface area contributed by atoms with E-state index in [4.69, 9.17) is 5.73 Å². The maximum Gasteiger partial charge on any atom is 0.130 e. The molecule has 0 atom stereocenters. The van der Waals surface area contributed by atoms with Crippen LogP contribution in [0.15, 0.2) is 24.3 Å². The molecule has 1 aliphatic carbocycles. The number of aromatic nitrogens is 2. The van der Waals surface area contributed by atoms with Gasteiger partial charge in [-0.25, -0.2) is 9.97 Å². The molecule has 2 aromatic rings. The monoisotopic (exact) mass is 268 g/mol. The Morgan fingerprint density at radius 1 is 1.15 bits per heavy atom. The number of nitrogens with zero attached hydrogens (tertiary/aromatic N) is 2. The lowest BCUT2D eigenvalue weighted by molar-refractivity contribution is 0.912. The van der Waals surface area contributed by atoms with Gasteiger partial charge in [-0.3, -0.25) is 0 Å². The fourth-order valence-corrected chi connectivity index (χ4v) is 2.74. The predicted molar refractivity (Wildman–Crippen MR) is 81.8 cm³/mol. The highest BCUT2D eigenvalue weighted by Gasteiger charge is 2.12. The van der Waals surface area contributed by atoms with E-state index in [1.54, 1.807) is 0 Å². The summed E-state index contributed by atoms with van der Waals surface area (Å²) in [5, 5.41) is 3.22.